The SMILES string of the molecule is c1ccc(N(c2ccc(-c3ccc4ccccc4c3)cc2)c2cc(-c3cccc4ccc5ccc6ccccc6c5c34)cc3ccccc23)cc1. The van der Waals surface area contributed by atoms with Crippen molar-refractivity contribution in [1.82, 2.24) is 0 Å². The Morgan fingerprint density at radius 2 is 0.824 bits per heavy atom. The molecule has 0 aliphatic carbocycles. The Bertz CT molecular complexity index is 2900. The number of nitrogens with zero attached hydrogens (tertiary/aromatic N) is 1. The van der Waals surface area contributed by atoms with Crippen LogP contribution in [0.2, 0.25) is 0 Å². The second-order valence-corrected chi connectivity index (χ2v) is 13.4. The van der Waals surface area contributed by atoms with E-state index in [4.69, 9.17) is 0 Å². The number of fused-ring (bicyclic) bond motifs is 7. The summed E-state index contributed by atoms with van der Waals surface area (Å²) >= 11 is 0. The summed E-state index contributed by atoms with van der Waals surface area (Å²) in [5.74, 6) is 0. The Labute approximate surface area is 297 Å². The maximum absolute atomic E-state index is 2.41. The normalized spacial score (nSPS) is 11.5. The lowest BCUT2D eigenvalue weighted by Crippen LogP contribution is -2.10. The monoisotopic (exact) mass is 647 g/mol. The molecule has 0 saturated heterocycles. The maximum Gasteiger partial charge on any atom is 0.0546 e. The van der Waals surface area contributed by atoms with E-state index in [1.165, 1.54) is 76.1 Å². The third kappa shape index (κ3) is 5.02. The smallest absolute Gasteiger partial charge is 0.0546 e. The molecule has 0 saturated carbocycles. The summed E-state index contributed by atoms with van der Waals surface area (Å²) in [6.07, 6.45) is 0. The van der Waals surface area contributed by atoms with Crippen LogP contribution >= 0.6 is 0 Å². The van der Waals surface area contributed by atoms with Gasteiger partial charge in [-0.05, 0) is 113 Å². The minimum Gasteiger partial charge on any atom is -0.310 e. The summed E-state index contributed by atoms with van der Waals surface area (Å²) in [5.41, 5.74) is 8.23. The quantitative estimate of drug-likeness (QED) is 0.168. The van der Waals surface area contributed by atoms with Crippen LogP contribution in [0.15, 0.2) is 200 Å². The van der Waals surface area contributed by atoms with E-state index in [0.717, 1.165) is 17.1 Å². The number of rotatable bonds is 5. The third-order valence-corrected chi connectivity index (χ3v) is 10.4. The molecule has 1 nitrogen and oxygen atoms in total. The number of benzene rings is 10. The zero-order valence-electron chi connectivity index (χ0n) is 28.0. The summed E-state index contributed by atoms with van der Waals surface area (Å²) < 4.78 is 0. The van der Waals surface area contributed by atoms with Crippen molar-refractivity contribution >= 4 is 70.9 Å². The fourth-order valence-electron chi connectivity index (χ4n) is 7.92. The molecule has 0 amide bonds. The molecular formula is C50H33N. The minimum atomic E-state index is 1.11. The van der Waals surface area contributed by atoms with Crippen molar-refractivity contribution in [3.05, 3.63) is 200 Å². The second-order valence-electron chi connectivity index (χ2n) is 13.4. The van der Waals surface area contributed by atoms with E-state index in [1.807, 2.05) is 0 Å². The summed E-state index contributed by atoms with van der Waals surface area (Å²) in [7, 11) is 0. The molecule has 0 atom stereocenters. The molecule has 0 unspecified atom stereocenters. The van der Waals surface area contributed by atoms with Crippen LogP contribution in [0.5, 0.6) is 0 Å². The van der Waals surface area contributed by atoms with Crippen molar-refractivity contribution in [3.63, 3.8) is 0 Å². The summed E-state index contributed by atoms with van der Waals surface area (Å²) in [6.45, 7) is 0. The van der Waals surface area contributed by atoms with Gasteiger partial charge in [-0.2, -0.15) is 0 Å². The Morgan fingerprint density at radius 1 is 0.275 bits per heavy atom. The first-order valence-corrected chi connectivity index (χ1v) is 17.6. The maximum atomic E-state index is 2.41. The lowest BCUT2D eigenvalue weighted by atomic mass is 9.90. The molecule has 10 rings (SSSR count). The van der Waals surface area contributed by atoms with Crippen molar-refractivity contribution in [2.75, 3.05) is 4.90 Å². The van der Waals surface area contributed by atoms with E-state index in [0.29, 0.717) is 0 Å². The third-order valence-electron chi connectivity index (χ3n) is 10.4. The van der Waals surface area contributed by atoms with Crippen LogP contribution in [0.3, 0.4) is 0 Å². The van der Waals surface area contributed by atoms with Crippen LogP contribution in [0, 0.1) is 0 Å². The van der Waals surface area contributed by atoms with Crippen LogP contribution < -0.4 is 4.90 Å². The number of hydrogen-bond donors (Lipinski definition) is 0. The Kier molecular flexibility index (Phi) is 6.89. The minimum absolute atomic E-state index is 1.11. The van der Waals surface area contributed by atoms with E-state index in [9.17, 15) is 0 Å². The summed E-state index contributed by atoms with van der Waals surface area (Å²) in [4.78, 5) is 2.41. The van der Waals surface area contributed by atoms with Crippen molar-refractivity contribution in [3.8, 4) is 22.3 Å². The van der Waals surface area contributed by atoms with Gasteiger partial charge in [-0.1, -0.05) is 158 Å². The fraction of sp³-hybridized carbons (Fsp3) is 0. The van der Waals surface area contributed by atoms with Crippen LogP contribution in [-0.2, 0) is 0 Å². The zero-order chi connectivity index (χ0) is 33.7. The van der Waals surface area contributed by atoms with E-state index in [-0.39, 0.29) is 0 Å². The van der Waals surface area contributed by atoms with Gasteiger partial charge >= 0.3 is 0 Å². The molecule has 51 heavy (non-hydrogen) atoms. The number of hydrogen-bond acceptors (Lipinski definition) is 1. The van der Waals surface area contributed by atoms with Gasteiger partial charge in [-0.3, -0.25) is 0 Å². The zero-order valence-corrected chi connectivity index (χ0v) is 28.0. The van der Waals surface area contributed by atoms with Crippen molar-refractivity contribution in [2.45, 2.75) is 0 Å². The highest BCUT2D eigenvalue weighted by molar-refractivity contribution is 6.24. The molecule has 0 heterocycles. The van der Waals surface area contributed by atoms with Gasteiger partial charge < -0.3 is 4.90 Å². The van der Waals surface area contributed by atoms with E-state index in [1.54, 1.807) is 0 Å². The molecule has 10 aromatic carbocycles. The van der Waals surface area contributed by atoms with E-state index in [2.05, 4.69) is 205 Å². The molecule has 1 heteroatoms. The van der Waals surface area contributed by atoms with Gasteiger partial charge in [0.05, 0.1) is 5.69 Å². The molecule has 0 spiro atoms. The highest BCUT2D eigenvalue weighted by Gasteiger charge is 2.19. The molecular weight excluding hydrogens is 615 g/mol. The first kappa shape index (κ1) is 29.2. The standard InChI is InChI=1S/C50H33N/c1-2-16-43(17-3-1)51(44-29-27-35(28-30-44)40-26-21-34-11-4-5-13-39(34)31-40)48-33-42(32-41-14-7-8-18-45(41)48)47-20-10-15-37-24-25-38-23-22-36-12-6-9-19-46(36)50(38)49(37)47/h1-33H. The Morgan fingerprint density at radius 3 is 1.63 bits per heavy atom. The fourth-order valence-corrected chi connectivity index (χ4v) is 7.92. The molecule has 0 aliphatic rings. The van der Waals surface area contributed by atoms with Crippen LogP contribution in [0.4, 0.5) is 17.1 Å². The topological polar surface area (TPSA) is 3.24 Å². The first-order valence-electron chi connectivity index (χ1n) is 17.6. The highest BCUT2D eigenvalue weighted by atomic mass is 15.1. The predicted octanol–water partition coefficient (Wildman–Crippen LogP) is 14.3. The van der Waals surface area contributed by atoms with Gasteiger partial charge in [-0.25, -0.2) is 0 Å². The van der Waals surface area contributed by atoms with Gasteiger partial charge in [0.2, 0.25) is 0 Å². The van der Waals surface area contributed by atoms with Gasteiger partial charge in [-0.15, -0.1) is 0 Å². The lowest BCUT2D eigenvalue weighted by molar-refractivity contribution is 1.30. The predicted molar refractivity (Wildman–Crippen MR) is 220 cm³/mol. The molecule has 0 bridgehead atoms. The van der Waals surface area contributed by atoms with Crippen molar-refractivity contribution in [1.29, 1.82) is 0 Å². The van der Waals surface area contributed by atoms with Gasteiger partial charge in [0.15, 0.2) is 0 Å². The van der Waals surface area contributed by atoms with Crippen molar-refractivity contribution in [2.24, 2.45) is 0 Å². The average Bonchev–Trinajstić information content (AvgIpc) is 3.21. The number of para-hydroxylation sites is 1. The molecule has 0 fully saturated rings. The Balaban J connectivity index is 1.19. The molecule has 238 valence electrons. The van der Waals surface area contributed by atoms with Gasteiger partial charge in [0.1, 0.15) is 0 Å². The van der Waals surface area contributed by atoms with Crippen LogP contribution in [0.25, 0.3) is 76.1 Å². The molecule has 0 N–H and O–H groups in total. The van der Waals surface area contributed by atoms with E-state index < -0.39 is 0 Å². The largest absolute Gasteiger partial charge is 0.310 e. The lowest BCUT2D eigenvalue weighted by Gasteiger charge is -2.28. The molecule has 0 aromatic heterocycles. The van der Waals surface area contributed by atoms with E-state index >= 15 is 0 Å². The summed E-state index contributed by atoms with van der Waals surface area (Å²) in [6, 6.07) is 73.1. The summed E-state index contributed by atoms with van der Waals surface area (Å²) in [5, 5.41) is 12.6. The highest BCUT2D eigenvalue weighted by Crippen LogP contribution is 2.44. The molecule has 0 radical (unpaired) electrons. The van der Waals surface area contributed by atoms with Crippen LogP contribution in [0.1, 0.15) is 0 Å². The molecule has 0 aliphatic heterocycles. The first-order chi connectivity index (χ1) is 25.3. The van der Waals surface area contributed by atoms with Crippen molar-refractivity contribution < 1.29 is 0 Å². The molecule has 10 aromatic rings. The number of anilines is 3. The second kappa shape index (κ2) is 12.0. The van der Waals surface area contributed by atoms with Gasteiger partial charge in [0, 0.05) is 16.8 Å². The van der Waals surface area contributed by atoms with Gasteiger partial charge in [0.25, 0.3) is 0 Å². The van der Waals surface area contributed by atoms with Crippen LogP contribution in [-0.4, -0.2) is 0 Å². The average molecular weight is 648 g/mol. The Hall–Kier alpha value is -6.70.